The highest BCUT2D eigenvalue weighted by molar-refractivity contribution is 5.98. The number of para-hydroxylation sites is 1. The Hall–Kier alpha value is -3.46. The molecule has 182 valence electrons. The third-order valence-corrected chi connectivity index (χ3v) is 7.44. The Morgan fingerprint density at radius 3 is 2.57 bits per heavy atom. The van der Waals surface area contributed by atoms with Crippen molar-refractivity contribution in [3.8, 4) is 0 Å². The van der Waals surface area contributed by atoms with E-state index in [-0.39, 0.29) is 17.5 Å². The van der Waals surface area contributed by atoms with Gasteiger partial charge in [-0.3, -0.25) is 20.1 Å². The van der Waals surface area contributed by atoms with Gasteiger partial charge in [0.2, 0.25) is 5.91 Å². The monoisotopic (exact) mass is 473 g/mol. The van der Waals surface area contributed by atoms with Gasteiger partial charge < -0.3 is 14.8 Å². The molecule has 3 heterocycles. The number of nitrogens with zero attached hydrogens (tertiary/aromatic N) is 2. The smallest absolute Gasteiger partial charge is 0.267 e. The maximum Gasteiger partial charge on any atom is 0.267 e. The summed E-state index contributed by atoms with van der Waals surface area (Å²) in [5.41, 5.74) is 6.50. The average molecular weight is 474 g/mol. The SMILES string of the molecule is CN1CCC2(CC1)NC(C(=O)N(C)c1ccc(/C=C/C(=O)NO)cc1)Cc1c2[nH]c2ccccc12. The van der Waals surface area contributed by atoms with Crippen LogP contribution in [0.25, 0.3) is 17.0 Å². The van der Waals surface area contributed by atoms with Crippen LogP contribution >= 0.6 is 0 Å². The number of carbonyl (C=O) groups excluding carboxylic acids is 2. The highest BCUT2D eigenvalue weighted by Crippen LogP contribution is 2.41. The van der Waals surface area contributed by atoms with Gasteiger partial charge in [0.1, 0.15) is 0 Å². The first-order valence-corrected chi connectivity index (χ1v) is 12.0. The van der Waals surface area contributed by atoms with Crippen molar-refractivity contribution < 1.29 is 14.8 Å². The first-order chi connectivity index (χ1) is 16.9. The second-order valence-corrected chi connectivity index (χ2v) is 9.61. The summed E-state index contributed by atoms with van der Waals surface area (Å²) in [5, 5.41) is 13.6. The number of hydrogen-bond donors (Lipinski definition) is 4. The molecule has 1 aromatic heterocycles. The maximum absolute atomic E-state index is 13.7. The van der Waals surface area contributed by atoms with Crippen LogP contribution in [0.2, 0.25) is 0 Å². The molecule has 2 aliphatic heterocycles. The lowest BCUT2D eigenvalue weighted by Crippen LogP contribution is -2.61. The van der Waals surface area contributed by atoms with Crippen molar-refractivity contribution in [3.05, 3.63) is 71.4 Å². The topological polar surface area (TPSA) is 101 Å². The maximum atomic E-state index is 13.7. The number of fused-ring (bicyclic) bond motifs is 4. The van der Waals surface area contributed by atoms with E-state index in [9.17, 15) is 9.59 Å². The molecule has 0 aliphatic carbocycles. The largest absolute Gasteiger partial charge is 0.357 e. The van der Waals surface area contributed by atoms with Crippen LogP contribution in [-0.4, -0.2) is 60.1 Å². The van der Waals surface area contributed by atoms with Gasteiger partial charge in [0.25, 0.3) is 5.91 Å². The molecule has 35 heavy (non-hydrogen) atoms. The van der Waals surface area contributed by atoms with Crippen molar-refractivity contribution in [2.75, 3.05) is 32.1 Å². The van der Waals surface area contributed by atoms with Crippen LogP contribution in [-0.2, 0) is 21.5 Å². The van der Waals surface area contributed by atoms with Gasteiger partial charge in [-0.05, 0) is 74.8 Å². The van der Waals surface area contributed by atoms with Crippen molar-refractivity contribution in [1.82, 2.24) is 20.7 Å². The van der Waals surface area contributed by atoms with Crippen LogP contribution < -0.4 is 15.7 Å². The predicted molar refractivity (Wildman–Crippen MR) is 136 cm³/mol. The molecule has 2 amide bonds. The number of anilines is 1. The minimum Gasteiger partial charge on any atom is -0.357 e. The number of nitrogens with one attached hydrogen (secondary N) is 3. The fraction of sp³-hybridized carbons (Fsp3) is 0.333. The van der Waals surface area contributed by atoms with E-state index >= 15 is 0 Å². The van der Waals surface area contributed by atoms with E-state index in [0.29, 0.717) is 6.42 Å². The normalized spacial score (nSPS) is 19.7. The minimum absolute atomic E-state index is 0.0298. The molecule has 1 fully saturated rings. The van der Waals surface area contributed by atoms with Crippen LogP contribution in [0, 0.1) is 0 Å². The number of aromatic nitrogens is 1. The van der Waals surface area contributed by atoms with E-state index in [1.54, 1.807) is 23.5 Å². The van der Waals surface area contributed by atoms with E-state index in [1.807, 2.05) is 30.3 Å². The van der Waals surface area contributed by atoms with Gasteiger partial charge in [-0.25, -0.2) is 5.48 Å². The molecule has 3 aromatic rings. The quantitative estimate of drug-likeness (QED) is 0.265. The fourth-order valence-corrected chi connectivity index (χ4v) is 5.40. The zero-order chi connectivity index (χ0) is 24.6. The Kier molecular flexibility index (Phi) is 6.19. The van der Waals surface area contributed by atoms with Gasteiger partial charge in [-0.15, -0.1) is 0 Å². The summed E-state index contributed by atoms with van der Waals surface area (Å²) in [5.74, 6) is -0.564. The Morgan fingerprint density at radius 2 is 1.86 bits per heavy atom. The van der Waals surface area contributed by atoms with E-state index < -0.39 is 5.91 Å². The highest BCUT2D eigenvalue weighted by atomic mass is 16.5. The summed E-state index contributed by atoms with van der Waals surface area (Å²) in [7, 11) is 3.95. The zero-order valence-corrected chi connectivity index (χ0v) is 20.0. The average Bonchev–Trinajstić information content (AvgIpc) is 3.28. The van der Waals surface area contributed by atoms with E-state index in [1.165, 1.54) is 22.7 Å². The standard InChI is InChI=1S/C27H31N5O3/c1-31-15-13-27(14-16-31)25-21(20-5-3-4-6-22(20)28-25)17-23(29-27)26(34)32(2)19-10-7-18(8-11-19)9-12-24(33)30-35/h3-12,23,28-29,35H,13-17H2,1-2H3,(H,30,33)/b12-9+. The molecule has 1 unspecified atom stereocenters. The van der Waals surface area contributed by atoms with Gasteiger partial charge in [-0.1, -0.05) is 30.3 Å². The lowest BCUT2D eigenvalue weighted by Gasteiger charge is -2.46. The molecular formula is C27H31N5O3. The molecule has 2 aliphatic rings. The zero-order valence-electron chi connectivity index (χ0n) is 20.0. The van der Waals surface area contributed by atoms with Crippen LogP contribution in [0.3, 0.4) is 0 Å². The van der Waals surface area contributed by atoms with E-state index in [0.717, 1.165) is 42.7 Å². The number of piperidine rings is 1. The van der Waals surface area contributed by atoms with Gasteiger partial charge in [-0.2, -0.15) is 0 Å². The third-order valence-electron chi connectivity index (χ3n) is 7.44. The summed E-state index contributed by atoms with van der Waals surface area (Å²) in [4.78, 5) is 32.7. The molecule has 1 spiro atoms. The van der Waals surface area contributed by atoms with E-state index in [2.05, 4.69) is 40.4 Å². The number of likely N-dealkylation sites (tertiary alicyclic amines) is 1. The number of hydroxylamine groups is 1. The molecule has 0 bridgehead atoms. The molecule has 2 aromatic carbocycles. The van der Waals surface area contributed by atoms with Gasteiger partial charge in [0.15, 0.2) is 0 Å². The number of hydrogen-bond acceptors (Lipinski definition) is 5. The molecule has 1 saturated heterocycles. The number of H-pyrrole nitrogens is 1. The Balaban J connectivity index is 1.42. The number of benzene rings is 2. The summed E-state index contributed by atoms with van der Waals surface area (Å²) < 4.78 is 0. The lowest BCUT2D eigenvalue weighted by atomic mass is 9.77. The highest BCUT2D eigenvalue weighted by Gasteiger charge is 2.45. The molecule has 1 atom stereocenters. The van der Waals surface area contributed by atoms with Crippen molar-refractivity contribution in [3.63, 3.8) is 0 Å². The second-order valence-electron chi connectivity index (χ2n) is 9.61. The van der Waals surface area contributed by atoms with Crippen molar-refractivity contribution in [1.29, 1.82) is 0 Å². The lowest BCUT2D eigenvalue weighted by molar-refractivity contribution is -0.124. The minimum atomic E-state index is -0.593. The number of likely N-dealkylation sites (N-methyl/N-ethyl adjacent to an activating group) is 1. The van der Waals surface area contributed by atoms with E-state index in [4.69, 9.17) is 5.21 Å². The second kappa shape index (κ2) is 9.30. The first kappa shape index (κ1) is 23.3. The molecule has 5 rings (SSSR count). The van der Waals surface area contributed by atoms with Crippen molar-refractivity contribution in [2.24, 2.45) is 0 Å². The Labute approximate surface area is 204 Å². The summed E-state index contributed by atoms with van der Waals surface area (Å²) >= 11 is 0. The van der Waals surface area contributed by atoms with Crippen molar-refractivity contribution >= 4 is 34.5 Å². The number of amides is 2. The van der Waals surface area contributed by atoms with Crippen molar-refractivity contribution in [2.45, 2.75) is 30.8 Å². The first-order valence-electron chi connectivity index (χ1n) is 12.0. The summed E-state index contributed by atoms with van der Waals surface area (Å²) in [6, 6.07) is 15.4. The number of carbonyl (C=O) groups is 2. The Morgan fingerprint density at radius 1 is 1.14 bits per heavy atom. The van der Waals surface area contributed by atoms with Gasteiger partial charge in [0.05, 0.1) is 11.6 Å². The fourth-order valence-electron chi connectivity index (χ4n) is 5.40. The Bertz CT molecular complexity index is 1270. The van der Waals surface area contributed by atoms with Crippen LogP contribution in [0.5, 0.6) is 0 Å². The third kappa shape index (κ3) is 4.36. The van der Waals surface area contributed by atoms with Crippen LogP contribution in [0.1, 0.15) is 29.7 Å². The molecule has 0 saturated carbocycles. The summed E-state index contributed by atoms with van der Waals surface area (Å²) in [6.07, 6.45) is 5.37. The number of aromatic amines is 1. The summed E-state index contributed by atoms with van der Waals surface area (Å²) in [6.45, 7) is 1.95. The molecular weight excluding hydrogens is 442 g/mol. The van der Waals surface area contributed by atoms with Crippen LogP contribution in [0.15, 0.2) is 54.6 Å². The van der Waals surface area contributed by atoms with Gasteiger partial charge >= 0.3 is 0 Å². The molecule has 8 heteroatoms. The molecule has 0 radical (unpaired) electrons. The van der Waals surface area contributed by atoms with Crippen LogP contribution in [0.4, 0.5) is 5.69 Å². The predicted octanol–water partition coefficient (Wildman–Crippen LogP) is 2.78. The molecule has 8 nitrogen and oxygen atoms in total. The molecule has 4 N–H and O–H groups in total. The number of rotatable bonds is 4. The van der Waals surface area contributed by atoms with Gasteiger partial charge in [0, 0.05) is 35.4 Å².